The maximum atomic E-state index is 2.36. The third-order valence-electron chi connectivity index (χ3n) is 9.64. The van der Waals surface area contributed by atoms with Crippen LogP contribution in [-0.4, -0.2) is 0 Å². The maximum absolute atomic E-state index is 2.36. The Labute approximate surface area is 281 Å². The number of hydrogen-bond acceptors (Lipinski definition) is 0. The van der Waals surface area contributed by atoms with Crippen LogP contribution in [0.3, 0.4) is 0 Å². The van der Waals surface area contributed by atoms with E-state index in [0.29, 0.717) is 0 Å². The molecule has 0 heterocycles. The van der Waals surface area contributed by atoms with Gasteiger partial charge in [0.2, 0.25) is 0 Å². The summed E-state index contributed by atoms with van der Waals surface area (Å²) in [6.45, 7) is 0. The third-order valence-corrected chi connectivity index (χ3v) is 9.64. The Morgan fingerprint density at radius 3 is 1.19 bits per heavy atom. The second-order valence-corrected chi connectivity index (χ2v) is 12.5. The number of rotatable bonds is 5. The van der Waals surface area contributed by atoms with Gasteiger partial charge in [0, 0.05) is 0 Å². The molecule has 0 aliphatic heterocycles. The van der Waals surface area contributed by atoms with Crippen LogP contribution in [0.1, 0.15) is 0 Å². The molecule has 0 aliphatic rings. The van der Waals surface area contributed by atoms with E-state index in [1.807, 2.05) is 0 Å². The lowest BCUT2D eigenvalue weighted by Gasteiger charge is -2.18. The lowest BCUT2D eigenvalue weighted by atomic mass is 9.85. The van der Waals surface area contributed by atoms with E-state index in [2.05, 4.69) is 194 Å². The molecule has 9 aromatic rings. The molecular weight excluding hydrogens is 577 g/mol. The minimum atomic E-state index is 1.21. The van der Waals surface area contributed by atoms with Crippen molar-refractivity contribution in [2.45, 2.75) is 0 Å². The van der Waals surface area contributed by atoms with Crippen molar-refractivity contribution in [1.29, 1.82) is 0 Å². The molecule has 224 valence electrons. The van der Waals surface area contributed by atoms with Gasteiger partial charge in [-0.3, -0.25) is 0 Å². The van der Waals surface area contributed by atoms with Crippen LogP contribution in [0.4, 0.5) is 0 Å². The van der Waals surface area contributed by atoms with Gasteiger partial charge in [0.1, 0.15) is 0 Å². The van der Waals surface area contributed by atoms with Crippen molar-refractivity contribution in [3.05, 3.63) is 194 Å². The summed E-state index contributed by atoms with van der Waals surface area (Å²) in [6.07, 6.45) is 0. The number of fused-ring (bicyclic) bond motifs is 3. The first-order chi connectivity index (χ1) is 23.8. The van der Waals surface area contributed by atoms with E-state index in [-0.39, 0.29) is 0 Å². The summed E-state index contributed by atoms with van der Waals surface area (Å²) in [7, 11) is 0. The normalized spacial score (nSPS) is 11.3. The summed E-state index contributed by atoms with van der Waals surface area (Å²) in [4.78, 5) is 0. The van der Waals surface area contributed by atoms with E-state index in [1.165, 1.54) is 88.0 Å². The van der Waals surface area contributed by atoms with Crippen LogP contribution in [0.15, 0.2) is 194 Å². The topological polar surface area (TPSA) is 0 Å². The first-order valence-corrected chi connectivity index (χ1v) is 16.6. The first-order valence-electron chi connectivity index (χ1n) is 16.6. The Morgan fingerprint density at radius 1 is 0.188 bits per heavy atom. The molecule has 0 aliphatic carbocycles. The predicted molar refractivity (Wildman–Crippen MR) is 206 cm³/mol. The van der Waals surface area contributed by atoms with Crippen molar-refractivity contribution in [3.8, 4) is 55.6 Å². The Balaban J connectivity index is 1.18. The molecule has 0 saturated carbocycles. The van der Waals surface area contributed by atoms with E-state index in [4.69, 9.17) is 0 Å². The molecule has 0 unspecified atom stereocenters. The zero-order valence-corrected chi connectivity index (χ0v) is 26.5. The number of benzene rings is 9. The quantitative estimate of drug-likeness (QED) is 0.171. The van der Waals surface area contributed by atoms with Gasteiger partial charge in [0.05, 0.1) is 0 Å². The molecular formula is C48H32. The first kappa shape index (κ1) is 28.0. The van der Waals surface area contributed by atoms with Gasteiger partial charge in [-0.25, -0.2) is 0 Å². The van der Waals surface area contributed by atoms with Crippen LogP contribution in [0.5, 0.6) is 0 Å². The van der Waals surface area contributed by atoms with Gasteiger partial charge >= 0.3 is 0 Å². The minimum absolute atomic E-state index is 1.21. The van der Waals surface area contributed by atoms with Crippen LogP contribution >= 0.6 is 0 Å². The van der Waals surface area contributed by atoms with Crippen molar-refractivity contribution in [1.82, 2.24) is 0 Å². The van der Waals surface area contributed by atoms with Crippen molar-refractivity contribution in [2.75, 3.05) is 0 Å². The molecule has 0 bridgehead atoms. The van der Waals surface area contributed by atoms with Crippen LogP contribution < -0.4 is 0 Å². The highest BCUT2D eigenvalue weighted by atomic mass is 14.2. The van der Waals surface area contributed by atoms with E-state index < -0.39 is 0 Å². The zero-order chi connectivity index (χ0) is 31.9. The van der Waals surface area contributed by atoms with Gasteiger partial charge in [-0.1, -0.05) is 176 Å². The third kappa shape index (κ3) is 4.96. The highest BCUT2D eigenvalue weighted by molar-refractivity contribution is 6.21. The Kier molecular flexibility index (Phi) is 6.91. The molecule has 0 nitrogen and oxygen atoms in total. The van der Waals surface area contributed by atoms with Crippen LogP contribution in [0.25, 0.3) is 88.0 Å². The predicted octanol–water partition coefficient (Wildman–Crippen LogP) is 13.5. The monoisotopic (exact) mass is 608 g/mol. The summed E-state index contributed by atoms with van der Waals surface area (Å²) in [5, 5.41) is 7.59. The molecule has 0 N–H and O–H groups in total. The van der Waals surface area contributed by atoms with Gasteiger partial charge in [0.15, 0.2) is 0 Å². The van der Waals surface area contributed by atoms with Crippen molar-refractivity contribution in [3.63, 3.8) is 0 Å². The minimum Gasteiger partial charge on any atom is -0.0622 e. The molecule has 9 rings (SSSR count). The summed E-state index contributed by atoms with van der Waals surface area (Å²) in [6, 6.07) is 70.7. The fraction of sp³-hybridized carbons (Fsp3) is 0. The van der Waals surface area contributed by atoms with Crippen LogP contribution in [0.2, 0.25) is 0 Å². The highest BCUT2D eigenvalue weighted by Crippen LogP contribution is 2.44. The largest absolute Gasteiger partial charge is 0.0622 e. The van der Waals surface area contributed by atoms with E-state index >= 15 is 0 Å². The molecule has 0 heteroatoms. The lowest BCUT2D eigenvalue weighted by Crippen LogP contribution is -1.91. The molecule has 0 amide bonds. The zero-order valence-electron chi connectivity index (χ0n) is 26.5. The molecule has 0 radical (unpaired) electrons. The molecule has 0 aromatic heterocycles. The van der Waals surface area contributed by atoms with Crippen LogP contribution in [0, 0.1) is 0 Å². The summed E-state index contributed by atoms with van der Waals surface area (Å²) >= 11 is 0. The molecule has 0 fully saturated rings. The number of hydrogen-bond donors (Lipinski definition) is 0. The van der Waals surface area contributed by atoms with Gasteiger partial charge in [-0.05, 0) is 106 Å². The Morgan fingerprint density at radius 2 is 0.562 bits per heavy atom. The highest BCUT2D eigenvalue weighted by Gasteiger charge is 2.17. The molecule has 9 aromatic carbocycles. The van der Waals surface area contributed by atoms with Crippen molar-refractivity contribution >= 4 is 32.3 Å². The second-order valence-electron chi connectivity index (χ2n) is 12.5. The lowest BCUT2D eigenvalue weighted by molar-refractivity contribution is 1.58. The average Bonchev–Trinajstić information content (AvgIpc) is 3.17. The van der Waals surface area contributed by atoms with Gasteiger partial charge < -0.3 is 0 Å². The standard InChI is InChI=1S/C48H32/c1-2-12-33(13-3-1)38-16-10-17-39(30-38)40-18-11-19-42(32-40)48-45-22-8-6-20-43(45)47(44-21-7-9-23-46(44)48)36-27-24-35(25-28-36)41-29-26-34-14-4-5-15-37(34)31-41/h1-32H. The Hall–Kier alpha value is -6.24. The maximum Gasteiger partial charge on any atom is -0.00262 e. The SMILES string of the molecule is c1ccc(-c2cccc(-c3cccc(-c4c5ccccc5c(-c5ccc(-c6ccc7ccccc7c6)cc5)c5ccccc45)c3)c2)cc1. The van der Waals surface area contributed by atoms with E-state index in [1.54, 1.807) is 0 Å². The Bertz CT molecular complexity index is 2530. The van der Waals surface area contributed by atoms with E-state index in [0.717, 1.165) is 0 Å². The van der Waals surface area contributed by atoms with Gasteiger partial charge in [-0.2, -0.15) is 0 Å². The van der Waals surface area contributed by atoms with E-state index in [9.17, 15) is 0 Å². The van der Waals surface area contributed by atoms with Gasteiger partial charge in [0.25, 0.3) is 0 Å². The fourth-order valence-electron chi connectivity index (χ4n) is 7.31. The molecule has 0 atom stereocenters. The fourth-order valence-corrected chi connectivity index (χ4v) is 7.31. The van der Waals surface area contributed by atoms with Crippen LogP contribution in [-0.2, 0) is 0 Å². The van der Waals surface area contributed by atoms with Crippen molar-refractivity contribution < 1.29 is 0 Å². The average molecular weight is 609 g/mol. The molecule has 0 spiro atoms. The van der Waals surface area contributed by atoms with Crippen molar-refractivity contribution in [2.24, 2.45) is 0 Å². The van der Waals surface area contributed by atoms with Gasteiger partial charge in [-0.15, -0.1) is 0 Å². The molecule has 0 saturated heterocycles. The summed E-state index contributed by atoms with van der Waals surface area (Å²) in [5.74, 6) is 0. The second kappa shape index (κ2) is 11.8. The smallest absolute Gasteiger partial charge is 0.00262 e. The molecule has 48 heavy (non-hydrogen) atoms. The summed E-state index contributed by atoms with van der Waals surface area (Å²) < 4.78 is 0. The summed E-state index contributed by atoms with van der Waals surface area (Å²) in [5.41, 5.74) is 12.4.